The van der Waals surface area contributed by atoms with Gasteiger partial charge >= 0.3 is 0 Å². The van der Waals surface area contributed by atoms with Crippen molar-refractivity contribution in [3.8, 4) is 0 Å². The number of nitrogens with one attached hydrogen (secondary N) is 2. The molecule has 1 rings (SSSR count). The number of rotatable bonds is 3. The van der Waals surface area contributed by atoms with Gasteiger partial charge in [-0.1, -0.05) is 0 Å². The second-order valence-corrected chi connectivity index (χ2v) is 2.58. The van der Waals surface area contributed by atoms with Crippen molar-refractivity contribution in [1.29, 1.82) is 5.41 Å². The predicted molar refractivity (Wildman–Crippen MR) is 39.9 cm³/mol. The van der Waals surface area contributed by atoms with E-state index in [1.165, 1.54) is 0 Å². The van der Waals surface area contributed by atoms with Crippen LogP contribution in [-0.4, -0.2) is 25.6 Å². The van der Waals surface area contributed by atoms with Crippen LogP contribution in [0.25, 0.3) is 0 Å². The van der Waals surface area contributed by atoms with E-state index >= 15 is 0 Å². The van der Waals surface area contributed by atoms with Gasteiger partial charge in [0.1, 0.15) is 0 Å². The van der Waals surface area contributed by atoms with Crippen LogP contribution in [0.4, 0.5) is 0 Å². The van der Waals surface area contributed by atoms with Crippen LogP contribution >= 0.6 is 0 Å². The lowest BCUT2D eigenvalue weighted by Gasteiger charge is -2.24. The lowest BCUT2D eigenvalue weighted by atomic mass is 10.00. The molecule has 1 fully saturated rings. The molecule has 1 radical (unpaired) electrons. The topological polar surface area (TPSA) is 76.0 Å². The van der Waals surface area contributed by atoms with Crippen LogP contribution in [0.3, 0.4) is 0 Å². The highest BCUT2D eigenvalue weighted by Gasteiger charge is 2.16. The van der Waals surface area contributed by atoms with E-state index < -0.39 is 0 Å². The molecule has 1 saturated heterocycles. The molecule has 0 aromatic carbocycles. The van der Waals surface area contributed by atoms with E-state index in [4.69, 9.17) is 11.1 Å². The first-order valence-electron chi connectivity index (χ1n) is 3.50. The molecule has 1 aliphatic rings. The zero-order valence-electron chi connectivity index (χ0n) is 5.93. The van der Waals surface area contributed by atoms with Crippen molar-refractivity contribution in [1.82, 2.24) is 10.6 Å². The maximum absolute atomic E-state index is 6.86. The summed E-state index contributed by atoms with van der Waals surface area (Å²) in [6, 6.07) is 0. The lowest BCUT2D eigenvalue weighted by molar-refractivity contribution is 0.320. The molecule has 0 bridgehead atoms. The van der Waals surface area contributed by atoms with E-state index in [0.717, 1.165) is 32.0 Å². The van der Waals surface area contributed by atoms with Gasteiger partial charge in [-0.3, -0.25) is 5.41 Å². The first-order chi connectivity index (χ1) is 4.79. The quantitative estimate of drug-likeness (QED) is 0.351. The van der Waals surface area contributed by atoms with Gasteiger partial charge < -0.3 is 11.1 Å². The van der Waals surface area contributed by atoms with Crippen molar-refractivity contribution in [2.45, 2.75) is 6.42 Å². The molecule has 0 saturated carbocycles. The third-order valence-electron chi connectivity index (χ3n) is 1.64. The largest absolute Gasteiger partial charge is 0.370 e. The van der Waals surface area contributed by atoms with Crippen LogP contribution in [0.5, 0.6) is 0 Å². The van der Waals surface area contributed by atoms with Crippen molar-refractivity contribution < 1.29 is 0 Å². The van der Waals surface area contributed by atoms with Gasteiger partial charge in [0, 0.05) is 19.6 Å². The van der Waals surface area contributed by atoms with Gasteiger partial charge in [-0.15, -0.1) is 0 Å². The summed E-state index contributed by atoms with van der Waals surface area (Å²) in [5.41, 5.74) is 5.09. The Morgan fingerprint density at radius 2 is 2.40 bits per heavy atom. The van der Waals surface area contributed by atoms with E-state index in [2.05, 4.69) is 10.6 Å². The summed E-state index contributed by atoms with van der Waals surface area (Å²) in [6.45, 7) is 2.81. The van der Waals surface area contributed by atoms with Crippen molar-refractivity contribution in [3.63, 3.8) is 0 Å². The summed E-state index contributed by atoms with van der Waals surface area (Å²) >= 11 is 0. The summed E-state index contributed by atoms with van der Waals surface area (Å²) in [7, 11) is 0. The van der Waals surface area contributed by atoms with Crippen LogP contribution in [0.1, 0.15) is 6.42 Å². The average molecular weight is 141 g/mol. The molecule has 0 spiro atoms. The zero-order chi connectivity index (χ0) is 7.40. The molecule has 0 aromatic rings. The summed E-state index contributed by atoms with van der Waals surface area (Å²) < 4.78 is 0. The fraction of sp³-hybridized carbons (Fsp3) is 0.833. The average Bonchev–Trinajstić information content (AvgIpc) is 1.75. The van der Waals surface area contributed by atoms with Crippen LogP contribution in [0, 0.1) is 11.3 Å². The molecule has 0 atom stereocenters. The third-order valence-corrected chi connectivity index (χ3v) is 1.64. The van der Waals surface area contributed by atoms with Crippen LogP contribution in [0.2, 0.25) is 0 Å². The number of nitrogens with two attached hydrogens (primary N) is 1. The molecular weight excluding hydrogens is 128 g/mol. The molecular formula is C6H13N4. The molecule has 4 heteroatoms. The Morgan fingerprint density at radius 3 is 2.80 bits per heavy atom. The monoisotopic (exact) mass is 141 g/mol. The SMILES string of the molecule is N=C(N)NCCC1C[N]C1. The minimum Gasteiger partial charge on any atom is -0.370 e. The summed E-state index contributed by atoms with van der Waals surface area (Å²) in [4.78, 5) is 0. The Bertz CT molecular complexity index is 119. The highest BCUT2D eigenvalue weighted by Crippen LogP contribution is 2.07. The second-order valence-electron chi connectivity index (χ2n) is 2.58. The van der Waals surface area contributed by atoms with Gasteiger partial charge in [-0.25, -0.2) is 5.32 Å². The third kappa shape index (κ3) is 2.23. The van der Waals surface area contributed by atoms with E-state index in [9.17, 15) is 0 Å². The molecule has 0 amide bonds. The number of hydrogen-bond acceptors (Lipinski definition) is 1. The standard InChI is InChI=1S/C6H13N4/c7-6(8)10-2-1-5-3-9-4-5/h5H,1-4H2,(H4,7,8,10). The van der Waals surface area contributed by atoms with Crippen LogP contribution in [0.15, 0.2) is 0 Å². The highest BCUT2D eigenvalue weighted by atomic mass is 15.0. The number of hydrogen-bond donors (Lipinski definition) is 3. The summed E-state index contributed by atoms with van der Waals surface area (Å²) in [5.74, 6) is 0.808. The summed E-state index contributed by atoms with van der Waals surface area (Å²) in [5, 5.41) is 13.7. The van der Waals surface area contributed by atoms with Gasteiger partial charge in [0.25, 0.3) is 0 Å². The fourth-order valence-electron chi connectivity index (χ4n) is 0.905. The first-order valence-corrected chi connectivity index (χ1v) is 3.50. The van der Waals surface area contributed by atoms with E-state index in [-0.39, 0.29) is 5.96 Å². The lowest BCUT2D eigenvalue weighted by Crippen LogP contribution is -2.39. The molecule has 10 heavy (non-hydrogen) atoms. The number of nitrogens with zero attached hydrogens (tertiary/aromatic N) is 1. The molecule has 4 nitrogen and oxygen atoms in total. The van der Waals surface area contributed by atoms with Gasteiger partial charge in [0.2, 0.25) is 0 Å². The summed E-state index contributed by atoms with van der Waals surface area (Å²) in [6.07, 6.45) is 1.09. The minimum absolute atomic E-state index is 0.0660. The maximum atomic E-state index is 6.86. The van der Waals surface area contributed by atoms with Crippen molar-refractivity contribution >= 4 is 5.96 Å². The van der Waals surface area contributed by atoms with Gasteiger partial charge in [0.15, 0.2) is 5.96 Å². The Balaban J connectivity index is 1.89. The Hall–Kier alpha value is -0.770. The molecule has 1 heterocycles. The molecule has 4 N–H and O–H groups in total. The van der Waals surface area contributed by atoms with Crippen molar-refractivity contribution in [2.24, 2.45) is 11.7 Å². The zero-order valence-corrected chi connectivity index (χ0v) is 5.93. The smallest absolute Gasteiger partial charge is 0.185 e. The maximum Gasteiger partial charge on any atom is 0.185 e. The normalized spacial score (nSPS) is 18.0. The van der Waals surface area contributed by atoms with Crippen LogP contribution in [-0.2, 0) is 0 Å². The molecule has 0 aromatic heterocycles. The molecule has 57 valence electrons. The van der Waals surface area contributed by atoms with Gasteiger partial charge in [-0.2, -0.15) is 0 Å². The molecule has 0 unspecified atom stereocenters. The minimum atomic E-state index is 0.0660. The van der Waals surface area contributed by atoms with Gasteiger partial charge in [-0.05, 0) is 12.3 Å². The Morgan fingerprint density at radius 1 is 1.70 bits per heavy atom. The Labute approximate surface area is 60.7 Å². The fourth-order valence-corrected chi connectivity index (χ4v) is 0.905. The van der Waals surface area contributed by atoms with Crippen molar-refractivity contribution in [3.05, 3.63) is 0 Å². The molecule has 0 aliphatic carbocycles. The highest BCUT2D eigenvalue weighted by molar-refractivity contribution is 5.74. The van der Waals surface area contributed by atoms with E-state index in [1.54, 1.807) is 0 Å². The first kappa shape index (κ1) is 7.34. The van der Waals surface area contributed by atoms with E-state index in [1.807, 2.05) is 0 Å². The number of guanidine groups is 1. The predicted octanol–water partition coefficient (Wildman–Crippen LogP) is -0.906. The Kier molecular flexibility index (Phi) is 2.50. The van der Waals surface area contributed by atoms with Crippen molar-refractivity contribution in [2.75, 3.05) is 19.6 Å². The molecule has 1 aliphatic heterocycles. The van der Waals surface area contributed by atoms with E-state index in [0.29, 0.717) is 0 Å². The van der Waals surface area contributed by atoms with Gasteiger partial charge in [0.05, 0.1) is 0 Å². The van der Waals surface area contributed by atoms with Crippen LogP contribution < -0.4 is 16.4 Å². The second kappa shape index (κ2) is 3.41.